The lowest BCUT2D eigenvalue weighted by molar-refractivity contribution is 0.389. The standard InChI is InChI=1S/C4H11Cl2NSi/c1-7(2)4(8)3(5)6/h3-4H,1-2,8H3. The molecule has 0 aromatic carbocycles. The Balaban J connectivity index is 3.46. The molecule has 0 radical (unpaired) electrons. The number of nitrogens with zero attached hydrogens (tertiary/aromatic N) is 1. The molecule has 0 aromatic heterocycles. The van der Waals surface area contributed by atoms with Crippen LogP contribution in [0.4, 0.5) is 0 Å². The molecular formula is C4H11Cl2NSi. The maximum absolute atomic E-state index is 5.58. The monoisotopic (exact) mass is 171 g/mol. The summed E-state index contributed by atoms with van der Waals surface area (Å²) in [6.45, 7) is 0. The lowest BCUT2D eigenvalue weighted by Gasteiger charge is -2.19. The minimum Gasteiger partial charge on any atom is -0.308 e. The first kappa shape index (κ1) is 8.76. The zero-order chi connectivity index (χ0) is 6.73. The molecule has 0 rings (SSSR count). The molecule has 50 valence electrons. The third-order valence-corrected chi connectivity index (χ3v) is 4.45. The molecular weight excluding hydrogens is 161 g/mol. The number of halogens is 2. The zero-order valence-corrected chi connectivity index (χ0v) is 8.87. The second-order valence-electron chi connectivity index (χ2n) is 2.04. The molecule has 0 aliphatic rings. The Morgan fingerprint density at radius 3 is 1.75 bits per heavy atom. The molecule has 4 heteroatoms. The van der Waals surface area contributed by atoms with Crippen molar-refractivity contribution in [3.05, 3.63) is 0 Å². The van der Waals surface area contributed by atoms with Crippen molar-refractivity contribution in [1.29, 1.82) is 0 Å². The van der Waals surface area contributed by atoms with Gasteiger partial charge in [-0.15, -0.1) is 23.2 Å². The minimum atomic E-state index is -0.225. The lowest BCUT2D eigenvalue weighted by Crippen LogP contribution is -2.33. The van der Waals surface area contributed by atoms with Crippen LogP contribution >= 0.6 is 23.2 Å². The summed E-state index contributed by atoms with van der Waals surface area (Å²) in [4.78, 5) is 1.81. The summed E-state index contributed by atoms with van der Waals surface area (Å²) in [5.41, 5.74) is 0.373. The van der Waals surface area contributed by atoms with Crippen molar-refractivity contribution in [2.75, 3.05) is 14.1 Å². The van der Waals surface area contributed by atoms with E-state index in [9.17, 15) is 0 Å². The topological polar surface area (TPSA) is 3.24 Å². The van der Waals surface area contributed by atoms with Crippen LogP contribution in [0.1, 0.15) is 0 Å². The Labute approximate surface area is 63.4 Å². The summed E-state index contributed by atoms with van der Waals surface area (Å²) < 4.78 is 0. The van der Waals surface area contributed by atoms with Gasteiger partial charge >= 0.3 is 0 Å². The Kier molecular flexibility index (Phi) is 4.07. The minimum absolute atomic E-state index is 0.225. The zero-order valence-electron chi connectivity index (χ0n) is 5.36. The Bertz CT molecular complexity index is 59.1. The van der Waals surface area contributed by atoms with E-state index in [4.69, 9.17) is 23.2 Å². The van der Waals surface area contributed by atoms with Gasteiger partial charge in [0.1, 0.15) is 4.84 Å². The van der Waals surface area contributed by atoms with Gasteiger partial charge in [-0.1, -0.05) is 0 Å². The molecule has 1 atom stereocenters. The molecule has 0 amide bonds. The van der Waals surface area contributed by atoms with E-state index in [0.717, 1.165) is 10.2 Å². The van der Waals surface area contributed by atoms with Gasteiger partial charge in [0.2, 0.25) is 0 Å². The molecule has 0 spiro atoms. The van der Waals surface area contributed by atoms with Crippen LogP contribution in [0.5, 0.6) is 0 Å². The fourth-order valence-electron chi connectivity index (χ4n) is 0.225. The van der Waals surface area contributed by atoms with Crippen LogP contribution in [-0.2, 0) is 0 Å². The highest BCUT2D eigenvalue weighted by Gasteiger charge is 2.11. The predicted molar refractivity (Wildman–Crippen MR) is 42.9 cm³/mol. The maximum atomic E-state index is 5.58. The molecule has 0 aliphatic carbocycles. The molecule has 0 saturated heterocycles. The van der Waals surface area contributed by atoms with Gasteiger partial charge in [-0.05, 0) is 14.1 Å². The summed E-state index contributed by atoms with van der Waals surface area (Å²) in [6.07, 6.45) is 0. The quantitative estimate of drug-likeness (QED) is 0.420. The summed E-state index contributed by atoms with van der Waals surface area (Å²) in [5, 5.41) is 0. The fraction of sp³-hybridized carbons (Fsp3) is 1.00. The van der Waals surface area contributed by atoms with Crippen LogP contribution in [0.25, 0.3) is 0 Å². The van der Waals surface area contributed by atoms with Crippen molar-refractivity contribution in [2.24, 2.45) is 0 Å². The first-order valence-electron chi connectivity index (χ1n) is 2.50. The van der Waals surface area contributed by atoms with Gasteiger partial charge in [-0.25, -0.2) is 0 Å². The van der Waals surface area contributed by atoms with Gasteiger partial charge in [-0.2, -0.15) is 0 Å². The number of hydrogen-bond acceptors (Lipinski definition) is 1. The summed E-state index contributed by atoms with van der Waals surface area (Å²) in [7, 11) is 4.98. The molecule has 0 fully saturated rings. The van der Waals surface area contributed by atoms with Gasteiger partial charge < -0.3 is 4.90 Å². The van der Waals surface area contributed by atoms with Crippen LogP contribution in [-0.4, -0.2) is 39.7 Å². The first-order valence-corrected chi connectivity index (χ1v) is 4.53. The van der Waals surface area contributed by atoms with Crippen molar-refractivity contribution in [3.8, 4) is 0 Å². The third kappa shape index (κ3) is 2.92. The van der Waals surface area contributed by atoms with E-state index < -0.39 is 0 Å². The Hall–Kier alpha value is 0.757. The highest BCUT2D eigenvalue weighted by molar-refractivity contribution is 6.47. The molecule has 8 heavy (non-hydrogen) atoms. The van der Waals surface area contributed by atoms with Crippen molar-refractivity contribution < 1.29 is 0 Å². The van der Waals surface area contributed by atoms with Gasteiger partial charge in [-0.3, -0.25) is 0 Å². The first-order chi connectivity index (χ1) is 3.55. The summed E-state index contributed by atoms with van der Waals surface area (Å²) in [5.74, 6) is 0. The number of hydrogen-bond donors (Lipinski definition) is 0. The second-order valence-corrected chi connectivity index (χ2v) is 4.39. The van der Waals surface area contributed by atoms with E-state index in [1.54, 1.807) is 0 Å². The van der Waals surface area contributed by atoms with E-state index in [1.807, 2.05) is 19.0 Å². The molecule has 0 heterocycles. The highest BCUT2D eigenvalue weighted by Crippen LogP contribution is 2.07. The van der Waals surface area contributed by atoms with Crippen molar-refractivity contribution in [2.45, 2.75) is 10.5 Å². The third-order valence-electron chi connectivity index (χ3n) is 1.18. The van der Waals surface area contributed by atoms with Gasteiger partial charge in [0.15, 0.2) is 0 Å². The lowest BCUT2D eigenvalue weighted by atomic mass is 10.6. The molecule has 0 N–H and O–H groups in total. The smallest absolute Gasteiger partial charge is 0.119 e. The largest absolute Gasteiger partial charge is 0.308 e. The van der Waals surface area contributed by atoms with E-state index >= 15 is 0 Å². The number of rotatable bonds is 2. The van der Waals surface area contributed by atoms with Crippen molar-refractivity contribution in [3.63, 3.8) is 0 Å². The van der Waals surface area contributed by atoms with Crippen LogP contribution in [0.2, 0.25) is 0 Å². The average Bonchev–Trinajstić information content (AvgIpc) is 1.64. The fourth-order valence-corrected chi connectivity index (χ4v) is 0.676. The molecule has 1 unspecified atom stereocenters. The Morgan fingerprint density at radius 1 is 1.38 bits per heavy atom. The molecule has 0 bridgehead atoms. The molecule has 1 nitrogen and oxygen atoms in total. The van der Waals surface area contributed by atoms with Crippen LogP contribution in [0, 0.1) is 0 Å². The van der Waals surface area contributed by atoms with E-state index in [-0.39, 0.29) is 4.84 Å². The normalized spacial score (nSPS) is 15.8. The van der Waals surface area contributed by atoms with Crippen LogP contribution in [0.15, 0.2) is 0 Å². The van der Waals surface area contributed by atoms with Gasteiger partial charge in [0, 0.05) is 15.9 Å². The van der Waals surface area contributed by atoms with Crippen LogP contribution in [0.3, 0.4) is 0 Å². The van der Waals surface area contributed by atoms with E-state index in [0.29, 0.717) is 5.67 Å². The average molecular weight is 172 g/mol. The van der Waals surface area contributed by atoms with E-state index in [2.05, 4.69) is 0 Å². The van der Waals surface area contributed by atoms with E-state index in [1.165, 1.54) is 0 Å². The molecule has 0 aliphatic heterocycles. The van der Waals surface area contributed by atoms with Crippen molar-refractivity contribution in [1.82, 2.24) is 4.90 Å². The SMILES string of the molecule is CN(C)C([SiH3])C(Cl)Cl. The van der Waals surface area contributed by atoms with Crippen LogP contribution < -0.4 is 0 Å². The number of alkyl halides is 2. The maximum Gasteiger partial charge on any atom is 0.119 e. The van der Waals surface area contributed by atoms with Crippen molar-refractivity contribution >= 4 is 33.4 Å². The Morgan fingerprint density at radius 2 is 1.75 bits per heavy atom. The molecule has 0 saturated carbocycles. The summed E-state index contributed by atoms with van der Waals surface area (Å²) in [6, 6.07) is 0. The highest BCUT2D eigenvalue weighted by atomic mass is 35.5. The second kappa shape index (κ2) is 3.72. The van der Waals surface area contributed by atoms with Gasteiger partial charge in [0.25, 0.3) is 0 Å². The van der Waals surface area contributed by atoms with Gasteiger partial charge in [0.05, 0.1) is 0 Å². The molecule has 0 aromatic rings. The predicted octanol–water partition coefficient (Wildman–Crippen LogP) is 0.0432. The summed E-state index contributed by atoms with van der Waals surface area (Å²) >= 11 is 11.2.